The van der Waals surface area contributed by atoms with Gasteiger partial charge in [0.25, 0.3) is 0 Å². The van der Waals surface area contributed by atoms with Gasteiger partial charge in [-0.15, -0.1) is 6.42 Å². The minimum absolute atomic E-state index is 0.0138. The second-order valence-electron chi connectivity index (χ2n) is 5.91. The zero-order chi connectivity index (χ0) is 16.7. The maximum Gasteiger partial charge on any atom is 0.223 e. The van der Waals surface area contributed by atoms with E-state index in [2.05, 4.69) is 16.1 Å². The van der Waals surface area contributed by atoms with Gasteiger partial charge in [0.15, 0.2) is 11.6 Å². The van der Waals surface area contributed by atoms with Gasteiger partial charge in [-0.3, -0.25) is 9.69 Å². The van der Waals surface area contributed by atoms with Crippen molar-refractivity contribution in [1.29, 1.82) is 0 Å². The number of ether oxygens (including phenoxy) is 1. The molecule has 1 aromatic rings. The van der Waals surface area contributed by atoms with E-state index in [0.29, 0.717) is 6.54 Å². The number of rotatable bonds is 6. The summed E-state index contributed by atoms with van der Waals surface area (Å²) in [6.07, 6.45) is 6.93. The van der Waals surface area contributed by atoms with Crippen LogP contribution in [-0.2, 0) is 4.79 Å². The number of terminal acetylenes is 1. The molecule has 2 rings (SSSR count). The van der Waals surface area contributed by atoms with Crippen molar-refractivity contribution >= 4 is 5.91 Å². The third-order valence-electron chi connectivity index (χ3n) is 3.99. The molecule has 1 fully saturated rings. The number of benzene rings is 1. The predicted molar refractivity (Wildman–Crippen MR) is 87.5 cm³/mol. The third kappa shape index (κ3) is 5.26. The van der Waals surface area contributed by atoms with E-state index in [1.807, 2.05) is 6.92 Å². The molecule has 5 heteroatoms. The number of likely N-dealkylation sites (tertiary alicyclic amines) is 1. The number of carbonyl (C=O) groups excluding carboxylic acids is 1. The van der Waals surface area contributed by atoms with E-state index in [-0.39, 0.29) is 30.2 Å². The molecule has 0 aromatic heterocycles. The summed E-state index contributed by atoms with van der Waals surface area (Å²) < 4.78 is 18.9. The Bertz CT molecular complexity index is 562. The van der Waals surface area contributed by atoms with Crippen LogP contribution in [-0.4, -0.2) is 43.1 Å². The number of halogens is 1. The Balaban J connectivity index is 1.73. The number of piperidine rings is 1. The largest absolute Gasteiger partial charge is 0.488 e. The van der Waals surface area contributed by atoms with E-state index >= 15 is 0 Å². The summed E-state index contributed by atoms with van der Waals surface area (Å²) in [6, 6.07) is 6.07. The van der Waals surface area contributed by atoms with Gasteiger partial charge in [-0.1, -0.05) is 18.1 Å². The molecule has 0 bridgehead atoms. The first kappa shape index (κ1) is 17.3. The minimum atomic E-state index is -0.396. The molecule has 1 atom stereocenters. The van der Waals surface area contributed by atoms with Crippen LogP contribution in [0.25, 0.3) is 0 Å². The highest BCUT2D eigenvalue weighted by atomic mass is 19.1. The summed E-state index contributed by atoms with van der Waals surface area (Å²) in [5.74, 6) is 2.49. The second-order valence-corrected chi connectivity index (χ2v) is 5.91. The molecule has 1 aliphatic heterocycles. The van der Waals surface area contributed by atoms with Gasteiger partial charge in [0.1, 0.15) is 6.61 Å². The standard InChI is InChI=1S/C18H23FN2O2/c1-3-10-21-11-8-15(9-12-21)18(22)20-14(2)13-23-17-7-5-4-6-16(17)19/h1,4-7,14-15H,8-13H2,2H3,(H,20,22). The fourth-order valence-electron chi connectivity index (χ4n) is 2.66. The van der Waals surface area contributed by atoms with Crippen LogP contribution >= 0.6 is 0 Å². The molecule has 1 saturated heterocycles. The molecule has 23 heavy (non-hydrogen) atoms. The predicted octanol–water partition coefficient (Wildman–Crippen LogP) is 2.05. The molecular formula is C18H23FN2O2. The smallest absolute Gasteiger partial charge is 0.223 e. The Hall–Kier alpha value is -2.06. The molecule has 0 aliphatic carbocycles. The number of amides is 1. The highest BCUT2D eigenvalue weighted by molar-refractivity contribution is 5.79. The van der Waals surface area contributed by atoms with Crippen molar-refractivity contribution in [3.8, 4) is 18.1 Å². The number of hydrogen-bond donors (Lipinski definition) is 1. The van der Waals surface area contributed by atoms with Crippen molar-refractivity contribution in [2.45, 2.75) is 25.8 Å². The molecule has 1 aromatic carbocycles. The highest BCUT2D eigenvalue weighted by Gasteiger charge is 2.25. The van der Waals surface area contributed by atoms with Crippen LogP contribution < -0.4 is 10.1 Å². The lowest BCUT2D eigenvalue weighted by molar-refractivity contribution is -0.127. The normalized spacial score (nSPS) is 17.3. The second kappa shape index (κ2) is 8.54. The van der Waals surface area contributed by atoms with Crippen molar-refractivity contribution in [2.75, 3.05) is 26.2 Å². The fraction of sp³-hybridized carbons (Fsp3) is 0.500. The van der Waals surface area contributed by atoms with E-state index < -0.39 is 5.82 Å². The molecule has 0 spiro atoms. The lowest BCUT2D eigenvalue weighted by Crippen LogP contribution is -2.44. The molecule has 124 valence electrons. The molecule has 4 nitrogen and oxygen atoms in total. The number of nitrogens with one attached hydrogen (secondary N) is 1. The third-order valence-corrected chi connectivity index (χ3v) is 3.99. The maximum atomic E-state index is 13.5. The number of carbonyl (C=O) groups is 1. The van der Waals surface area contributed by atoms with Gasteiger partial charge in [-0.2, -0.15) is 0 Å². The van der Waals surface area contributed by atoms with Gasteiger partial charge in [0, 0.05) is 5.92 Å². The van der Waals surface area contributed by atoms with Crippen LogP contribution in [0.15, 0.2) is 24.3 Å². The first-order chi connectivity index (χ1) is 11.1. The number of nitrogens with zero attached hydrogens (tertiary/aromatic N) is 1. The van der Waals surface area contributed by atoms with E-state index in [1.165, 1.54) is 6.07 Å². The van der Waals surface area contributed by atoms with Crippen molar-refractivity contribution < 1.29 is 13.9 Å². The Morgan fingerprint density at radius 1 is 1.48 bits per heavy atom. The fourth-order valence-corrected chi connectivity index (χ4v) is 2.66. The van der Waals surface area contributed by atoms with E-state index in [1.54, 1.807) is 18.2 Å². The summed E-state index contributed by atoms with van der Waals surface area (Å²) >= 11 is 0. The summed E-state index contributed by atoms with van der Waals surface area (Å²) in [6.45, 7) is 4.43. The first-order valence-electron chi connectivity index (χ1n) is 7.93. The zero-order valence-electron chi connectivity index (χ0n) is 13.4. The van der Waals surface area contributed by atoms with Crippen molar-refractivity contribution in [2.24, 2.45) is 5.92 Å². The number of para-hydroxylation sites is 1. The summed E-state index contributed by atoms with van der Waals surface area (Å²) in [7, 11) is 0. The lowest BCUT2D eigenvalue weighted by atomic mass is 9.95. The molecule has 1 unspecified atom stereocenters. The van der Waals surface area contributed by atoms with Gasteiger partial charge < -0.3 is 10.1 Å². The molecule has 1 aliphatic rings. The van der Waals surface area contributed by atoms with E-state index in [9.17, 15) is 9.18 Å². The summed E-state index contributed by atoms with van der Waals surface area (Å²) in [5.41, 5.74) is 0. The van der Waals surface area contributed by atoms with Crippen molar-refractivity contribution in [3.63, 3.8) is 0 Å². The van der Waals surface area contributed by atoms with Crippen LogP contribution in [0.4, 0.5) is 4.39 Å². The van der Waals surface area contributed by atoms with Crippen LogP contribution in [0.5, 0.6) is 5.75 Å². The zero-order valence-corrected chi connectivity index (χ0v) is 13.4. The monoisotopic (exact) mass is 318 g/mol. The Kier molecular flexibility index (Phi) is 6.42. The molecular weight excluding hydrogens is 295 g/mol. The Morgan fingerprint density at radius 2 is 2.17 bits per heavy atom. The average Bonchev–Trinajstić information content (AvgIpc) is 2.55. The summed E-state index contributed by atoms with van der Waals surface area (Å²) in [4.78, 5) is 14.4. The Morgan fingerprint density at radius 3 is 2.83 bits per heavy atom. The molecule has 1 heterocycles. The van der Waals surface area contributed by atoms with Gasteiger partial charge in [0.05, 0.1) is 12.6 Å². The summed E-state index contributed by atoms with van der Waals surface area (Å²) in [5, 5.41) is 2.94. The van der Waals surface area contributed by atoms with Crippen LogP contribution in [0.2, 0.25) is 0 Å². The van der Waals surface area contributed by atoms with Crippen molar-refractivity contribution in [3.05, 3.63) is 30.1 Å². The highest BCUT2D eigenvalue weighted by Crippen LogP contribution is 2.18. The SMILES string of the molecule is C#CCN1CCC(C(=O)NC(C)COc2ccccc2F)CC1. The molecule has 0 radical (unpaired) electrons. The lowest BCUT2D eigenvalue weighted by Gasteiger charge is -2.30. The maximum absolute atomic E-state index is 13.5. The quantitative estimate of drug-likeness (QED) is 0.816. The number of hydrogen-bond acceptors (Lipinski definition) is 3. The Labute approximate surface area is 137 Å². The van der Waals surface area contributed by atoms with Crippen LogP contribution in [0.3, 0.4) is 0 Å². The molecule has 0 saturated carbocycles. The molecule has 1 N–H and O–H groups in total. The molecule has 1 amide bonds. The first-order valence-corrected chi connectivity index (χ1v) is 7.93. The van der Waals surface area contributed by atoms with Gasteiger partial charge >= 0.3 is 0 Å². The van der Waals surface area contributed by atoms with Crippen LogP contribution in [0, 0.1) is 24.1 Å². The van der Waals surface area contributed by atoms with Crippen molar-refractivity contribution in [1.82, 2.24) is 10.2 Å². The average molecular weight is 318 g/mol. The van der Waals surface area contributed by atoms with E-state index in [0.717, 1.165) is 25.9 Å². The van der Waals surface area contributed by atoms with Gasteiger partial charge in [0.2, 0.25) is 5.91 Å². The van der Waals surface area contributed by atoms with Gasteiger partial charge in [-0.25, -0.2) is 4.39 Å². The minimum Gasteiger partial charge on any atom is -0.488 e. The van der Waals surface area contributed by atoms with Crippen LogP contribution in [0.1, 0.15) is 19.8 Å². The van der Waals surface area contributed by atoms with E-state index in [4.69, 9.17) is 11.2 Å². The van der Waals surface area contributed by atoms with Gasteiger partial charge in [-0.05, 0) is 45.0 Å². The topological polar surface area (TPSA) is 41.6 Å².